The Labute approximate surface area is 228 Å². The van der Waals surface area contributed by atoms with Crippen LogP contribution < -0.4 is 0 Å². The molecule has 0 aliphatic carbocycles. The van der Waals surface area contributed by atoms with Crippen molar-refractivity contribution in [2.45, 2.75) is 62.8 Å². The number of nitriles is 1. The Balaban J connectivity index is 1.24. The molecule has 0 saturated carbocycles. The topological polar surface area (TPSA) is 80.5 Å². The molecule has 4 heterocycles. The van der Waals surface area contributed by atoms with E-state index in [1.165, 1.54) is 0 Å². The summed E-state index contributed by atoms with van der Waals surface area (Å²) < 4.78 is 27.6. The highest BCUT2D eigenvalue weighted by Gasteiger charge is 2.47. The number of likely N-dealkylation sites (tertiary alicyclic amines) is 3. The number of alkyl halides is 2. The number of benzene rings is 1. The Morgan fingerprint density at radius 2 is 1.54 bits per heavy atom. The minimum Gasteiger partial charge on any atom is -0.338 e. The standard InChI is InChI=1S/C30H35F2N5O2/c1-22-19-34-25(27(39)36-15-10-29(20-33,11-16-36)23-6-4-3-5-7-23)18-24(22)26(38)35-13-8-28(2,9-14-35)37-17-12-30(31,32)21-37/h3-7,18-19H,8-17,21H2,1-2H3. The molecule has 0 unspecified atom stereocenters. The third kappa shape index (κ3) is 5.27. The van der Waals surface area contributed by atoms with E-state index >= 15 is 0 Å². The zero-order valence-electron chi connectivity index (χ0n) is 22.6. The van der Waals surface area contributed by atoms with Crippen LogP contribution in [0.25, 0.3) is 0 Å². The number of pyridine rings is 1. The SMILES string of the molecule is Cc1cnc(C(=O)N2CCC(C#N)(c3ccccc3)CC2)cc1C(=O)N1CCC(C)(N2CCC(F)(F)C2)CC1. The summed E-state index contributed by atoms with van der Waals surface area (Å²) in [5.74, 6) is -3.05. The van der Waals surface area contributed by atoms with Crippen molar-refractivity contribution in [3.05, 3.63) is 65.0 Å². The van der Waals surface area contributed by atoms with E-state index in [9.17, 15) is 23.6 Å². The molecule has 3 aliphatic heterocycles. The van der Waals surface area contributed by atoms with Gasteiger partial charge in [0, 0.05) is 56.4 Å². The summed E-state index contributed by atoms with van der Waals surface area (Å²) in [5.41, 5.74) is 1.35. The van der Waals surface area contributed by atoms with Crippen LogP contribution in [0.2, 0.25) is 0 Å². The minimum atomic E-state index is -2.64. The van der Waals surface area contributed by atoms with Gasteiger partial charge in [0.15, 0.2) is 0 Å². The first-order chi connectivity index (χ1) is 18.6. The Morgan fingerprint density at radius 3 is 2.13 bits per heavy atom. The first kappa shape index (κ1) is 27.2. The van der Waals surface area contributed by atoms with Crippen molar-refractivity contribution >= 4 is 11.8 Å². The molecule has 206 valence electrons. The number of hydrogen-bond acceptors (Lipinski definition) is 5. The summed E-state index contributed by atoms with van der Waals surface area (Å²) in [6, 6.07) is 13.8. The van der Waals surface area contributed by atoms with Gasteiger partial charge in [-0.25, -0.2) is 8.78 Å². The molecule has 9 heteroatoms. The average molecular weight is 536 g/mol. The van der Waals surface area contributed by atoms with Crippen molar-refractivity contribution < 1.29 is 18.4 Å². The molecule has 1 aromatic carbocycles. The van der Waals surface area contributed by atoms with Gasteiger partial charge in [0.25, 0.3) is 17.7 Å². The Hall–Kier alpha value is -3.38. The second-order valence-electron chi connectivity index (χ2n) is 11.6. The number of piperidine rings is 2. The lowest BCUT2D eigenvalue weighted by Gasteiger charge is -2.45. The third-order valence-electron chi connectivity index (χ3n) is 9.06. The lowest BCUT2D eigenvalue weighted by molar-refractivity contribution is -0.0142. The van der Waals surface area contributed by atoms with Crippen LogP contribution in [0, 0.1) is 18.3 Å². The van der Waals surface area contributed by atoms with E-state index in [1.807, 2.05) is 42.2 Å². The highest BCUT2D eigenvalue weighted by atomic mass is 19.3. The number of rotatable bonds is 4. The molecule has 3 aliphatic rings. The van der Waals surface area contributed by atoms with Crippen LogP contribution in [0.5, 0.6) is 0 Å². The maximum Gasteiger partial charge on any atom is 0.272 e. The van der Waals surface area contributed by atoms with Gasteiger partial charge < -0.3 is 9.80 Å². The van der Waals surface area contributed by atoms with E-state index in [0.717, 1.165) is 5.56 Å². The zero-order chi connectivity index (χ0) is 27.8. The number of amides is 2. The van der Waals surface area contributed by atoms with Crippen molar-refractivity contribution in [1.82, 2.24) is 19.7 Å². The van der Waals surface area contributed by atoms with Gasteiger partial charge in [-0.3, -0.25) is 19.5 Å². The van der Waals surface area contributed by atoms with Gasteiger partial charge in [-0.15, -0.1) is 0 Å². The molecular weight excluding hydrogens is 500 g/mol. The predicted molar refractivity (Wildman–Crippen MR) is 143 cm³/mol. The van der Waals surface area contributed by atoms with Gasteiger partial charge >= 0.3 is 0 Å². The van der Waals surface area contributed by atoms with Gasteiger partial charge in [0.1, 0.15) is 5.69 Å². The number of halogens is 2. The Morgan fingerprint density at radius 1 is 0.923 bits per heavy atom. The predicted octanol–water partition coefficient (Wildman–Crippen LogP) is 4.42. The fraction of sp³-hybridized carbons (Fsp3) is 0.533. The fourth-order valence-corrected chi connectivity index (χ4v) is 6.22. The number of aryl methyl sites for hydroxylation is 1. The van der Waals surface area contributed by atoms with Gasteiger partial charge in [0.05, 0.1) is 18.0 Å². The molecule has 3 fully saturated rings. The van der Waals surface area contributed by atoms with Crippen molar-refractivity contribution in [2.24, 2.45) is 0 Å². The van der Waals surface area contributed by atoms with Crippen molar-refractivity contribution in [3.8, 4) is 6.07 Å². The number of aromatic nitrogens is 1. The van der Waals surface area contributed by atoms with E-state index in [1.54, 1.807) is 29.0 Å². The van der Waals surface area contributed by atoms with Crippen molar-refractivity contribution in [2.75, 3.05) is 39.3 Å². The molecule has 3 saturated heterocycles. The van der Waals surface area contributed by atoms with Crippen LogP contribution in [-0.4, -0.2) is 82.2 Å². The van der Waals surface area contributed by atoms with Gasteiger partial charge in [-0.05, 0) is 56.7 Å². The fourth-order valence-electron chi connectivity index (χ4n) is 6.22. The molecule has 0 bridgehead atoms. The van der Waals surface area contributed by atoms with Gasteiger partial charge in [-0.2, -0.15) is 5.26 Å². The quantitative estimate of drug-likeness (QED) is 0.579. The normalized spacial score (nSPS) is 22.3. The van der Waals surface area contributed by atoms with Gasteiger partial charge in [0.2, 0.25) is 0 Å². The van der Waals surface area contributed by atoms with E-state index in [0.29, 0.717) is 69.5 Å². The molecule has 0 atom stereocenters. The minimum absolute atomic E-state index is 0.112. The summed E-state index contributed by atoms with van der Waals surface area (Å²) in [6.45, 7) is 5.79. The van der Waals surface area contributed by atoms with Crippen LogP contribution in [0.1, 0.15) is 71.0 Å². The second kappa shape index (κ2) is 10.3. The average Bonchev–Trinajstić information content (AvgIpc) is 3.34. The van der Waals surface area contributed by atoms with E-state index < -0.39 is 11.3 Å². The van der Waals surface area contributed by atoms with E-state index in [4.69, 9.17) is 0 Å². The molecular formula is C30H35F2N5O2. The van der Waals surface area contributed by atoms with Crippen LogP contribution in [0.4, 0.5) is 8.78 Å². The molecule has 2 aromatic rings. The molecule has 0 radical (unpaired) electrons. The number of hydrogen-bond donors (Lipinski definition) is 0. The highest BCUT2D eigenvalue weighted by Crippen LogP contribution is 2.38. The van der Waals surface area contributed by atoms with E-state index in [2.05, 4.69) is 11.1 Å². The number of carbonyl (C=O) groups excluding carboxylic acids is 2. The molecule has 5 rings (SSSR count). The van der Waals surface area contributed by atoms with Gasteiger partial charge in [-0.1, -0.05) is 30.3 Å². The van der Waals surface area contributed by atoms with Crippen molar-refractivity contribution in [3.63, 3.8) is 0 Å². The summed E-state index contributed by atoms with van der Waals surface area (Å²) in [5, 5.41) is 9.96. The maximum absolute atomic E-state index is 13.8. The maximum atomic E-state index is 13.8. The molecule has 39 heavy (non-hydrogen) atoms. The lowest BCUT2D eigenvalue weighted by atomic mass is 9.74. The van der Waals surface area contributed by atoms with Crippen LogP contribution in [0.15, 0.2) is 42.6 Å². The van der Waals surface area contributed by atoms with Crippen LogP contribution in [0.3, 0.4) is 0 Å². The van der Waals surface area contributed by atoms with Crippen LogP contribution in [-0.2, 0) is 5.41 Å². The molecule has 0 N–H and O–H groups in total. The molecule has 2 amide bonds. The number of carbonyl (C=O) groups is 2. The smallest absolute Gasteiger partial charge is 0.272 e. The van der Waals surface area contributed by atoms with E-state index in [-0.39, 0.29) is 36.0 Å². The highest BCUT2D eigenvalue weighted by molar-refractivity contribution is 5.99. The lowest BCUT2D eigenvalue weighted by Crippen LogP contribution is -2.54. The van der Waals surface area contributed by atoms with Crippen molar-refractivity contribution in [1.29, 1.82) is 5.26 Å². The Bertz CT molecular complexity index is 1280. The van der Waals surface area contributed by atoms with Crippen LogP contribution >= 0.6 is 0 Å². The zero-order valence-corrected chi connectivity index (χ0v) is 22.6. The Kier molecular flexibility index (Phi) is 7.19. The monoisotopic (exact) mass is 535 g/mol. The molecule has 0 spiro atoms. The summed E-state index contributed by atoms with van der Waals surface area (Å²) >= 11 is 0. The molecule has 1 aromatic heterocycles. The first-order valence-corrected chi connectivity index (χ1v) is 13.7. The molecule has 7 nitrogen and oxygen atoms in total. The number of nitrogens with zero attached hydrogens (tertiary/aromatic N) is 5. The summed E-state index contributed by atoms with van der Waals surface area (Å²) in [7, 11) is 0. The largest absolute Gasteiger partial charge is 0.338 e. The third-order valence-corrected chi connectivity index (χ3v) is 9.06. The second-order valence-corrected chi connectivity index (χ2v) is 11.6. The summed E-state index contributed by atoms with van der Waals surface area (Å²) in [6.07, 6.45) is 3.77. The summed E-state index contributed by atoms with van der Waals surface area (Å²) in [4.78, 5) is 36.5. The first-order valence-electron chi connectivity index (χ1n) is 13.7.